The summed E-state index contributed by atoms with van der Waals surface area (Å²) in [5, 5.41) is 4.08. The van der Waals surface area contributed by atoms with Gasteiger partial charge in [0.05, 0.1) is 17.6 Å². The summed E-state index contributed by atoms with van der Waals surface area (Å²) < 4.78 is 0. The molecule has 5 nitrogen and oxygen atoms in total. The van der Waals surface area contributed by atoms with Crippen LogP contribution in [0.4, 0.5) is 0 Å². The predicted molar refractivity (Wildman–Crippen MR) is 94.6 cm³/mol. The fourth-order valence-electron chi connectivity index (χ4n) is 2.85. The van der Waals surface area contributed by atoms with Gasteiger partial charge in [0.15, 0.2) is 0 Å². The lowest BCUT2D eigenvalue weighted by Gasteiger charge is -2.09. The molecule has 1 amide bonds. The Hall–Kier alpha value is -2.92. The van der Waals surface area contributed by atoms with Crippen molar-refractivity contribution in [1.29, 1.82) is 0 Å². The largest absolute Gasteiger partial charge is 0.366 e. The molecular weight excluding hydrogens is 302 g/mol. The Bertz CT molecular complexity index is 912. The molecule has 3 aromatic rings. The maximum absolute atomic E-state index is 11.6. The van der Waals surface area contributed by atoms with Crippen LogP contribution in [0.1, 0.15) is 22.8 Å². The molecule has 4 N–H and O–H groups in total. The first kappa shape index (κ1) is 16.0. The van der Waals surface area contributed by atoms with Gasteiger partial charge < -0.3 is 16.0 Å². The number of hydrogen-bond donors (Lipinski definition) is 3. The first-order valence-corrected chi connectivity index (χ1v) is 7.75. The molecule has 0 bridgehead atoms. The highest BCUT2D eigenvalue weighted by atomic mass is 16.1. The SMILES string of the molecule is CC(=O)CNCc1cccc(-c2ccc(C(N)=O)c3[nH]ccc23)c1. The van der Waals surface area contributed by atoms with Gasteiger partial charge in [-0.1, -0.05) is 24.3 Å². The number of nitrogens with two attached hydrogens (primary N) is 1. The van der Waals surface area contributed by atoms with Crippen LogP contribution in [-0.4, -0.2) is 23.2 Å². The van der Waals surface area contributed by atoms with E-state index in [0.29, 0.717) is 18.7 Å². The molecule has 0 aliphatic carbocycles. The van der Waals surface area contributed by atoms with Crippen LogP contribution in [-0.2, 0) is 11.3 Å². The van der Waals surface area contributed by atoms with Crippen LogP contribution in [0.15, 0.2) is 48.7 Å². The van der Waals surface area contributed by atoms with Crippen molar-refractivity contribution in [1.82, 2.24) is 10.3 Å². The summed E-state index contributed by atoms with van der Waals surface area (Å²) in [5.41, 5.74) is 9.85. The van der Waals surface area contributed by atoms with E-state index in [9.17, 15) is 9.59 Å². The minimum absolute atomic E-state index is 0.113. The number of amides is 1. The van der Waals surface area contributed by atoms with Crippen LogP contribution in [0.5, 0.6) is 0 Å². The van der Waals surface area contributed by atoms with E-state index in [1.165, 1.54) is 0 Å². The molecule has 0 atom stereocenters. The molecule has 3 rings (SSSR count). The smallest absolute Gasteiger partial charge is 0.250 e. The summed E-state index contributed by atoms with van der Waals surface area (Å²) in [6.45, 7) is 2.55. The van der Waals surface area contributed by atoms with Crippen molar-refractivity contribution in [3.05, 3.63) is 59.8 Å². The highest BCUT2D eigenvalue weighted by Gasteiger charge is 2.12. The zero-order chi connectivity index (χ0) is 17.1. The van der Waals surface area contributed by atoms with Gasteiger partial charge in [-0.2, -0.15) is 0 Å². The summed E-state index contributed by atoms with van der Waals surface area (Å²) >= 11 is 0. The predicted octanol–water partition coefficient (Wildman–Crippen LogP) is 2.61. The number of benzene rings is 2. The van der Waals surface area contributed by atoms with E-state index in [1.807, 2.05) is 30.3 Å². The molecule has 1 aromatic heterocycles. The van der Waals surface area contributed by atoms with Gasteiger partial charge in [0.2, 0.25) is 0 Å². The zero-order valence-corrected chi connectivity index (χ0v) is 13.4. The van der Waals surface area contributed by atoms with E-state index < -0.39 is 5.91 Å². The average Bonchev–Trinajstić information content (AvgIpc) is 3.03. The van der Waals surface area contributed by atoms with Gasteiger partial charge in [0.25, 0.3) is 5.91 Å². The number of primary amides is 1. The Labute approximate surface area is 139 Å². The third-order valence-corrected chi connectivity index (χ3v) is 3.93. The first-order chi connectivity index (χ1) is 11.6. The van der Waals surface area contributed by atoms with E-state index in [4.69, 9.17) is 5.73 Å². The van der Waals surface area contributed by atoms with Crippen LogP contribution < -0.4 is 11.1 Å². The number of carbonyl (C=O) groups is 2. The molecule has 0 radical (unpaired) electrons. The second-order valence-corrected chi connectivity index (χ2v) is 5.80. The molecule has 0 unspecified atom stereocenters. The standard InChI is InChI=1S/C19H19N3O2/c1-12(23)10-21-11-13-3-2-4-14(9-13)15-5-6-17(19(20)24)18-16(15)7-8-22-18/h2-9,21-22H,10-11H2,1H3,(H2,20,24). The van der Waals surface area contributed by atoms with Crippen molar-refractivity contribution in [3.8, 4) is 11.1 Å². The molecule has 0 saturated heterocycles. The van der Waals surface area contributed by atoms with E-state index in [-0.39, 0.29) is 5.78 Å². The quantitative estimate of drug-likeness (QED) is 0.652. The van der Waals surface area contributed by atoms with Crippen molar-refractivity contribution in [2.75, 3.05) is 6.54 Å². The third-order valence-electron chi connectivity index (χ3n) is 3.93. The van der Waals surface area contributed by atoms with Crippen molar-refractivity contribution >= 4 is 22.6 Å². The van der Waals surface area contributed by atoms with E-state index in [2.05, 4.69) is 16.4 Å². The number of fused-ring (bicyclic) bond motifs is 1. The molecule has 0 fully saturated rings. The molecule has 0 aliphatic rings. The number of carbonyl (C=O) groups excluding carboxylic acids is 2. The van der Waals surface area contributed by atoms with E-state index in [0.717, 1.165) is 27.6 Å². The summed E-state index contributed by atoms with van der Waals surface area (Å²) in [4.78, 5) is 25.7. The van der Waals surface area contributed by atoms with Gasteiger partial charge in [-0.25, -0.2) is 0 Å². The van der Waals surface area contributed by atoms with Crippen molar-refractivity contribution in [2.45, 2.75) is 13.5 Å². The number of H-pyrrole nitrogens is 1. The highest BCUT2D eigenvalue weighted by Crippen LogP contribution is 2.30. The Morgan fingerprint density at radius 3 is 2.75 bits per heavy atom. The van der Waals surface area contributed by atoms with Crippen LogP contribution >= 0.6 is 0 Å². The van der Waals surface area contributed by atoms with Crippen molar-refractivity contribution < 1.29 is 9.59 Å². The van der Waals surface area contributed by atoms with Gasteiger partial charge in [0, 0.05) is 18.1 Å². The lowest BCUT2D eigenvalue weighted by Crippen LogP contribution is -2.20. The first-order valence-electron chi connectivity index (χ1n) is 7.75. The summed E-state index contributed by atoms with van der Waals surface area (Å²) in [6.07, 6.45) is 1.80. The Kier molecular flexibility index (Phi) is 4.44. The molecule has 0 spiro atoms. The number of rotatable bonds is 6. The van der Waals surface area contributed by atoms with Crippen molar-refractivity contribution in [2.24, 2.45) is 5.73 Å². The molecule has 0 saturated carbocycles. The summed E-state index contributed by atoms with van der Waals surface area (Å²) in [6, 6.07) is 13.7. The third kappa shape index (κ3) is 3.21. The fraction of sp³-hybridized carbons (Fsp3) is 0.158. The Morgan fingerprint density at radius 2 is 2.00 bits per heavy atom. The Morgan fingerprint density at radius 1 is 1.17 bits per heavy atom. The van der Waals surface area contributed by atoms with Crippen LogP contribution in [0.25, 0.3) is 22.0 Å². The maximum atomic E-state index is 11.6. The molecule has 5 heteroatoms. The second kappa shape index (κ2) is 6.68. The summed E-state index contributed by atoms with van der Waals surface area (Å²) in [5.74, 6) is -0.335. The average molecular weight is 321 g/mol. The molecule has 0 aliphatic heterocycles. The molecule has 1 heterocycles. The number of nitrogens with one attached hydrogen (secondary N) is 2. The number of ketones is 1. The van der Waals surface area contributed by atoms with E-state index in [1.54, 1.807) is 19.2 Å². The minimum atomic E-state index is -0.448. The number of aromatic amines is 1. The number of hydrogen-bond acceptors (Lipinski definition) is 3. The summed E-state index contributed by atoms with van der Waals surface area (Å²) in [7, 11) is 0. The topological polar surface area (TPSA) is 88.0 Å². The molecule has 122 valence electrons. The minimum Gasteiger partial charge on any atom is -0.366 e. The van der Waals surface area contributed by atoms with Crippen LogP contribution in [0, 0.1) is 0 Å². The number of Topliss-reactive ketones (excluding diaryl/α,β-unsaturated/α-hetero) is 1. The van der Waals surface area contributed by atoms with Crippen LogP contribution in [0.2, 0.25) is 0 Å². The molecule has 2 aromatic carbocycles. The normalized spacial score (nSPS) is 10.9. The monoisotopic (exact) mass is 321 g/mol. The van der Waals surface area contributed by atoms with Gasteiger partial charge in [-0.3, -0.25) is 9.59 Å². The Balaban J connectivity index is 1.96. The van der Waals surface area contributed by atoms with Gasteiger partial charge in [-0.05, 0) is 41.8 Å². The highest BCUT2D eigenvalue weighted by molar-refractivity contribution is 6.09. The lowest BCUT2D eigenvalue weighted by atomic mass is 9.97. The molecular formula is C19H19N3O2. The van der Waals surface area contributed by atoms with E-state index >= 15 is 0 Å². The van der Waals surface area contributed by atoms with Crippen LogP contribution in [0.3, 0.4) is 0 Å². The fourth-order valence-corrected chi connectivity index (χ4v) is 2.85. The zero-order valence-electron chi connectivity index (χ0n) is 13.4. The second-order valence-electron chi connectivity index (χ2n) is 5.80. The lowest BCUT2D eigenvalue weighted by molar-refractivity contribution is -0.116. The van der Waals surface area contributed by atoms with Gasteiger partial charge in [0.1, 0.15) is 5.78 Å². The van der Waals surface area contributed by atoms with Crippen molar-refractivity contribution in [3.63, 3.8) is 0 Å². The molecule has 24 heavy (non-hydrogen) atoms. The maximum Gasteiger partial charge on any atom is 0.250 e. The van der Waals surface area contributed by atoms with Gasteiger partial charge >= 0.3 is 0 Å². The number of aromatic nitrogens is 1. The van der Waals surface area contributed by atoms with Gasteiger partial charge in [-0.15, -0.1) is 0 Å².